The lowest BCUT2D eigenvalue weighted by molar-refractivity contribution is 0.0693. The number of dihydropyridines is 1. The predicted octanol–water partition coefficient (Wildman–Crippen LogP) is 1.69. The van der Waals surface area contributed by atoms with Gasteiger partial charge in [0.15, 0.2) is 0 Å². The average Bonchev–Trinajstić information content (AvgIpc) is 3.15. The van der Waals surface area contributed by atoms with Crippen LogP contribution in [-0.2, 0) is 6.54 Å². The van der Waals surface area contributed by atoms with Crippen molar-refractivity contribution < 1.29 is 14.6 Å². The van der Waals surface area contributed by atoms with Crippen LogP contribution in [0.1, 0.15) is 30.6 Å². The predicted molar refractivity (Wildman–Crippen MR) is 89.9 cm³/mol. The SMILES string of the molecule is COc1nn(CC2=CC=C(N3CCC(C)C3)NC2C)cc1C(=O)O. The third kappa shape index (κ3) is 3.25. The van der Waals surface area contributed by atoms with Crippen LogP contribution in [0, 0.1) is 5.92 Å². The summed E-state index contributed by atoms with van der Waals surface area (Å²) in [6.45, 7) is 7.09. The summed E-state index contributed by atoms with van der Waals surface area (Å²) in [6, 6.07) is 0.171. The van der Waals surface area contributed by atoms with Gasteiger partial charge in [-0.25, -0.2) is 4.79 Å². The third-order valence-corrected chi connectivity index (χ3v) is 4.64. The molecule has 3 heterocycles. The van der Waals surface area contributed by atoms with E-state index in [-0.39, 0.29) is 17.5 Å². The second-order valence-electron chi connectivity index (χ2n) is 6.55. The van der Waals surface area contributed by atoms with Gasteiger partial charge in [0, 0.05) is 25.3 Å². The summed E-state index contributed by atoms with van der Waals surface area (Å²) in [6.07, 6.45) is 6.95. The van der Waals surface area contributed by atoms with E-state index in [2.05, 4.69) is 41.3 Å². The number of aromatic nitrogens is 2. The van der Waals surface area contributed by atoms with Crippen LogP contribution in [0.5, 0.6) is 5.88 Å². The van der Waals surface area contributed by atoms with Crippen molar-refractivity contribution in [2.24, 2.45) is 5.92 Å². The first-order valence-electron chi connectivity index (χ1n) is 8.25. The fraction of sp³-hybridized carbons (Fsp3) is 0.529. The molecule has 2 aliphatic heterocycles. The standard InChI is InChI=1S/C17H24N4O3/c1-11-6-7-20(8-11)15-5-4-13(12(2)18-15)9-21-10-14(17(22)23)16(19-21)24-3/h4-5,10-12,18H,6-9H2,1-3H3,(H,22,23). The largest absolute Gasteiger partial charge is 0.479 e. The maximum absolute atomic E-state index is 11.2. The lowest BCUT2D eigenvalue weighted by Gasteiger charge is -2.30. The highest BCUT2D eigenvalue weighted by molar-refractivity contribution is 5.89. The smallest absolute Gasteiger partial charge is 0.342 e. The first-order chi connectivity index (χ1) is 11.5. The fourth-order valence-electron chi connectivity index (χ4n) is 3.20. The van der Waals surface area contributed by atoms with Crippen molar-refractivity contribution in [3.05, 3.63) is 35.3 Å². The lowest BCUT2D eigenvalue weighted by Crippen LogP contribution is -2.39. The van der Waals surface area contributed by atoms with Crippen molar-refractivity contribution in [2.75, 3.05) is 20.2 Å². The number of carboxylic acids is 1. The monoisotopic (exact) mass is 332 g/mol. The second-order valence-corrected chi connectivity index (χ2v) is 6.55. The molecule has 2 aliphatic rings. The van der Waals surface area contributed by atoms with Gasteiger partial charge in [0.25, 0.3) is 0 Å². The van der Waals surface area contributed by atoms with Gasteiger partial charge < -0.3 is 20.1 Å². The summed E-state index contributed by atoms with van der Waals surface area (Å²) in [7, 11) is 1.43. The molecule has 1 aromatic heterocycles. The van der Waals surface area contributed by atoms with E-state index in [9.17, 15) is 9.90 Å². The van der Waals surface area contributed by atoms with E-state index in [1.165, 1.54) is 25.5 Å². The molecule has 0 radical (unpaired) electrons. The molecule has 2 atom stereocenters. The minimum absolute atomic E-state index is 0.0804. The number of likely N-dealkylation sites (tertiary alicyclic amines) is 1. The number of allylic oxidation sites excluding steroid dienone is 2. The molecule has 0 spiro atoms. The molecular weight excluding hydrogens is 308 g/mol. The number of rotatable bonds is 5. The van der Waals surface area contributed by atoms with Gasteiger partial charge in [0.2, 0.25) is 5.88 Å². The van der Waals surface area contributed by atoms with Crippen LogP contribution in [0.3, 0.4) is 0 Å². The molecule has 1 saturated heterocycles. The van der Waals surface area contributed by atoms with Crippen LogP contribution in [0.2, 0.25) is 0 Å². The number of nitrogens with zero attached hydrogens (tertiary/aromatic N) is 3. The zero-order valence-electron chi connectivity index (χ0n) is 14.3. The first-order valence-corrected chi connectivity index (χ1v) is 8.25. The number of aromatic carboxylic acids is 1. The van der Waals surface area contributed by atoms with Crippen molar-refractivity contribution >= 4 is 5.97 Å². The number of ether oxygens (including phenoxy) is 1. The molecule has 2 unspecified atom stereocenters. The molecule has 0 amide bonds. The van der Waals surface area contributed by atoms with E-state index in [4.69, 9.17) is 4.74 Å². The van der Waals surface area contributed by atoms with E-state index >= 15 is 0 Å². The van der Waals surface area contributed by atoms with Crippen molar-refractivity contribution in [1.29, 1.82) is 0 Å². The van der Waals surface area contributed by atoms with Crippen LogP contribution in [0.4, 0.5) is 0 Å². The molecule has 1 aromatic rings. The van der Waals surface area contributed by atoms with Crippen molar-refractivity contribution in [2.45, 2.75) is 32.9 Å². The van der Waals surface area contributed by atoms with Crippen LogP contribution in [0.25, 0.3) is 0 Å². The molecule has 24 heavy (non-hydrogen) atoms. The molecule has 2 N–H and O–H groups in total. The van der Waals surface area contributed by atoms with E-state index in [0.717, 1.165) is 24.6 Å². The molecule has 7 heteroatoms. The molecule has 0 aliphatic carbocycles. The van der Waals surface area contributed by atoms with Gasteiger partial charge in [-0.05, 0) is 30.9 Å². The summed E-state index contributed by atoms with van der Waals surface area (Å²) in [5.74, 6) is 1.01. The molecular formula is C17H24N4O3. The molecule has 3 rings (SSSR count). The summed E-state index contributed by atoms with van der Waals surface area (Å²) >= 11 is 0. The Bertz CT molecular complexity index is 692. The minimum Gasteiger partial charge on any atom is -0.479 e. The molecule has 0 aromatic carbocycles. The Balaban J connectivity index is 1.74. The number of carbonyl (C=O) groups is 1. The summed E-state index contributed by atoms with van der Waals surface area (Å²) in [5.41, 5.74) is 1.23. The molecule has 130 valence electrons. The zero-order valence-corrected chi connectivity index (χ0v) is 14.3. The number of methoxy groups -OCH3 is 1. The van der Waals surface area contributed by atoms with E-state index < -0.39 is 5.97 Å². The Morgan fingerprint density at radius 2 is 2.25 bits per heavy atom. The van der Waals surface area contributed by atoms with E-state index in [0.29, 0.717) is 6.54 Å². The minimum atomic E-state index is -1.03. The van der Waals surface area contributed by atoms with Crippen molar-refractivity contribution in [3.8, 4) is 5.88 Å². The van der Waals surface area contributed by atoms with Crippen LogP contribution < -0.4 is 10.1 Å². The summed E-state index contributed by atoms with van der Waals surface area (Å²) in [4.78, 5) is 13.6. The average molecular weight is 332 g/mol. The quantitative estimate of drug-likeness (QED) is 0.854. The van der Waals surface area contributed by atoms with Crippen LogP contribution in [0.15, 0.2) is 29.7 Å². The zero-order chi connectivity index (χ0) is 17.3. The molecule has 0 bridgehead atoms. The van der Waals surface area contributed by atoms with Crippen LogP contribution in [-0.4, -0.2) is 52.0 Å². The Hall–Kier alpha value is -2.44. The van der Waals surface area contributed by atoms with Gasteiger partial charge in [-0.1, -0.05) is 13.0 Å². The normalized spacial score (nSPS) is 23.5. The van der Waals surface area contributed by atoms with E-state index in [1.807, 2.05) is 0 Å². The van der Waals surface area contributed by atoms with Gasteiger partial charge in [0.1, 0.15) is 11.4 Å². The van der Waals surface area contributed by atoms with Gasteiger partial charge in [0.05, 0.1) is 13.7 Å². The van der Waals surface area contributed by atoms with E-state index in [1.54, 1.807) is 4.68 Å². The highest BCUT2D eigenvalue weighted by Crippen LogP contribution is 2.23. The van der Waals surface area contributed by atoms with Gasteiger partial charge >= 0.3 is 5.97 Å². The number of hydrogen-bond donors (Lipinski definition) is 2. The fourth-order valence-corrected chi connectivity index (χ4v) is 3.20. The van der Waals surface area contributed by atoms with Crippen molar-refractivity contribution in [3.63, 3.8) is 0 Å². The second kappa shape index (κ2) is 6.59. The maximum atomic E-state index is 11.2. The van der Waals surface area contributed by atoms with Crippen LogP contribution >= 0.6 is 0 Å². The number of nitrogens with one attached hydrogen (secondary N) is 1. The molecule has 1 fully saturated rings. The Morgan fingerprint density at radius 1 is 1.46 bits per heavy atom. The Labute approximate surface area is 141 Å². The van der Waals surface area contributed by atoms with Gasteiger partial charge in [-0.15, -0.1) is 5.10 Å². The summed E-state index contributed by atoms with van der Waals surface area (Å²) in [5, 5.41) is 16.9. The maximum Gasteiger partial charge on any atom is 0.342 e. The lowest BCUT2D eigenvalue weighted by atomic mass is 10.1. The highest BCUT2D eigenvalue weighted by Gasteiger charge is 2.24. The van der Waals surface area contributed by atoms with Gasteiger partial charge in [-0.2, -0.15) is 0 Å². The highest BCUT2D eigenvalue weighted by atomic mass is 16.5. The molecule has 0 saturated carbocycles. The Morgan fingerprint density at radius 3 is 2.79 bits per heavy atom. The first kappa shape index (κ1) is 16.4. The number of hydrogen-bond acceptors (Lipinski definition) is 5. The Kier molecular flexibility index (Phi) is 4.51. The molecule has 7 nitrogen and oxygen atoms in total. The third-order valence-electron chi connectivity index (χ3n) is 4.64. The number of carboxylic acid groups (broad SMARTS) is 1. The van der Waals surface area contributed by atoms with Crippen molar-refractivity contribution in [1.82, 2.24) is 20.0 Å². The summed E-state index contributed by atoms with van der Waals surface area (Å²) < 4.78 is 6.65. The van der Waals surface area contributed by atoms with Gasteiger partial charge in [-0.3, -0.25) is 4.68 Å². The topological polar surface area (TPSA) is 79.6 Å².